The summed E-state index contributed by atoms with van der Waals surface area (Å²) in [5.41, 5.74) is 2.72. The van der Waals surface area contributed by atoms with E-state index in [0.717, 1.165) is 6.54 Å². The molecule has 3 rings (SSSR count). The number of hydrogen-bond donors (Lipinski definition) is 0. The van der Waals surface area contributed by atoms with Gasteiger partial charge in [-0.05, 0) is 36.1 Å². The maximum Gasteiger partial charge on any atom is 0.250 e. The molecule has 0 amide bonds. The summed E-state index contributed by atoms with van der Waals surface area (Å²) in [4.78, 5) is 13.9. The predicted molar refractivity (Wildman–Crippen MR) is 68.8 cm³/mol. The van der Waals surface area contributed by atoms with Crippen molar-refractivity contribution in [3.8, 4) is 0 Å². The first-order valence-electron chi connectivity index (χ1n) is 6.32. The zero-order valence-electron chi connectivity index (χ0n) is 10.4. The molecular weight excluding hydrogens is 212 g/mol. The van der Waals surface area contributed by atoms with Crippen LogP contribution in [0.4, 0.5) is 0 Å². The Kier molecular flexibility index (Phi) is 2.44. The second-order valence-corrected chi connectivity index (χ2v) is 5.08. The summed E-state index contributed by atoms with van der Waals surface area (Å²) in [7, 11) is 1.82. The van der Waals surface area contributed by atoms with Crippen LogP contribution in [0.1, 0.15) is 18.9 Å². The fraction of sp³-hybridized carbons (Fsp3) is 0.500. The van der Waals surface area contributed by atoms with Gasteiger partial charge in [-0.3, -0.25) is 9.69 Å². The number of pyridine rings is 1. The van der Waals surface area contributed by atoms with E-state index in [-0.39, 0.29) is 5.56 Å². The van der Waals surface area contributed by atoms with E-state index in [1.807, 2.05) is 19.3 Å². The lowest BCUT2D eigenvalue weighted by Gasteiger charge is -2.24. The van der Waals surface area contributed by atoms with Gasteiger partial charge >= 0.3 is 0 Å². The number of nitrogens with zero attached hydrogens (tertiary/aromatic N) is 2. The van der Waals surface area contributed by atoms with Crippen LogP contribution in [0.2, 0.25) is 0 Å². The Bertz CT molecular complexity index is 529. The van der Waals surface area contributed by atoms with Gasteiger partial charge < -0.3 is 4.57 Å². The first kappa shape index (κ1) is 10.8. The van der Waals surface area contributed by atoms with Gasteiger partial charge in [0, 0.05) is 31.9 Å². The van der Waals surface area contributed by atoms with Crippen LogP contribution in [0.15, 0.2) is 29.2 Å². The maximum atomic E-state index is 11.4. The highest BCUT2D eigenvalue weighted by atomic mass is 16.1. The fourth-order valence-electron chi connectivity index (χ4n) is 3.14. The van der Waals surface area contributed by atoms with Crippen molar-refractivity contribution in [1.82, 2.24) is 9.47 Å². The van der Waals surface area contributed by atoms with E-state index >= 15 is 0 Å². The molecule has 0 N–H and O–H groups in total. The molecule has 2 unspecified atom stereocenters. The number of aryl methyl sites for hydroxylation is 1. The van der Waals surface area contributed by atoms with Gasteiger partial charge in [-0.15, -0.1) is 0 Å². The first-order chi connectivity index (χ1) is 8.19. The third kappa shape index (κ3) is 1.65. The van der Waals surface area contributed by atoms with E-state index in [4.69, 9.17) is 0 Å². The molecule has 90 valence electrons. The van der Waals surface area contributed by atoms with Gasteiger partial charge in [-0.25, -0.2) is 0 Å². The molecule has 2 heterocycles. The van der Waals surface area contributed by atoms with Crippen LogP contribution in [0.25, 0.3) is 5.57 Å². The zero-order valence-corrected chi connectivity index (χ0v) is 10.4. The highest BCUT2D eigenvalue weighted by Crippen LogP contribution is 2.41. The zero-order chi connectivity index (χ0) is 12.0. The standard InChI is InChI=1S/C14H18N2O/c1-3-16-9-11-6-12(16)7-13(11)10-4-5-14(17)15(2)8-10/h4-5,7-8,11-12H,3,6,9H2,1-2H3. The quantitative estimate of drug-likeness (QED) is 0.769. The van der Waals surface area contributed by atoms with E-state index in [1.165, 1.54) is 24.1 Å². The Morgan fingerprint density at radius 2 is 2.24 bits per heavy atom. The van der Waals surface area contributed by atoms with Crippen molar-refractivity contribution in [1.29, 1.82) is 0 Å². The Morgan fingerprint density at radius 3 is 2.82 bits per heavy atom. The molecule has 17 heavy (non-hydrogen) atoms. The Hall–Kier alpha value is -1.35. The Morgan fingerprint density at radius 1 is 1.41 bits per heavy atom. The largest absolute Gasteiger partial charge is 0.318 e. The topological polar surface area (TPSA) is 25.2 Å². The lowest BCUT2D eigenvalue weighted by atomic mass is 9.96. The van der Waals surface area contributed by atoms with Crippen LogP contribution in [0.3, 0.4) is 0 Å². The number of likely N-dealkylation sites (tertiary alicyclic amines) is 1. The van der Waals surface area contributed by atoms with Gasteiger partial charge in [0.05, 0.1) is 0 Å². The van der Waals surface area contributed by atoms with E-state index in [9.17, 15) is 4.79 Å². The summed E-state index contributed by atoms with van der Waals surface area (Å²) in [5.74, 6) is 0.664. The molecule has 1 aliphatic heterocycles. The van der Waals surface area contributed by atoms with E-state index in [1.54, 1.807) is 10.6 Å². The number of fused-ring (bicyclic) bond motifs is 2. The molecule has 0 aromatic carbocycles. The van der Waals surface area contributed by atoms with Crippen molar-refractivity contribution in [3.05, 3.63) is 40.3 Å². The summed E-state index contributed by atoms with van der Waals surface area (Å²) in [6, 6.07) is 4.25. The van der Waals surface area contributed by atoms with Gasteiger partial charge in [0.1, 0.15) is 0 Å². The molecule has 0 spiro atoms. The minimum Gasteiger partial charge on any atom is -0.318 e. The van der Waals surface area contributed by atoms with Gasteiger partial charge in [0.25, 0.3) is 0 Å². The van der Waals surface area contributed by atoms with Crippen molar-refractivity contribution >= 4 is 5.57 Å². The molecule has 2 aliphatic rings. The molecule has 0 saturated carbocycles. The fourth-order valence-corrected chi connectivity index (χ4v) is 3.14. The minimum atomic E-state index is 0.0627. The van der Waals surface area contributed by atoms with Crippen LogP contribution < -0.4 is 5.56 Å². The van der Waals surface area contributed by atoms with Crippen molar-refractivity contribution < 1.29 is 0 Å². The highest BCUT2D eigenvalue weighted by Gasteiger charge is 2.38. The molecule has 0 radical (unpaired) electrons. The van der Waals surface area contributed by atoms with Crippen molar-refractivity contribution in [2.24, 2.45) is 13.0 Å². The lowest BCUT2D eigenvalue weighted by molar-refractivity contribution is 0.297. The molecule has 1 saturated heterocycles. The summed E-state index contributed by atoms with van der Waals surface area (Å²) < 4.78 is 1.67. The average Bonchev–Trinajstić information content (AvgIpc) is 2.91. The van der Waals surface area contributed by atoms with Crippen LogP contribution >= 0.6 is 0 Å². The normalized spacial score (nSPS) is 27.5. The Labute approximate surface area is 101 Å². The molecule has 1 aromatic rings. The summed E-state index contributed by atoms with van der Waals surface area (Å²) >= 11 is 0. The van der Waals surface area contributed by atoms with E-state index in [0.29, 0.717) is 12.0 Å². The van der Waals surface area contributed by atoms with E-state index in [2.05, 4.69) is 17.9 Å². The second kappa shape index (κ2) is 3.84. The van der Waals surface area contributed by atoms with Crippen LogP contribution in [-0.2, 0) is 7.05 Å². The predicted octanol–water partition coefficient (Wildman–Crippen LogP) is 1.49. The van der Waals surface area contributed by atoms with E-state index < -0.39 is 0 Å². The molecule has 2 bridgehead atoms. The molecule has 1 aliphatic carbocycles. The van der Waals surface area contributed by atoms with Gasteiger partial charge in [-0.2, -0.15) is 0 Å². The summed E-state index contributed by atoms with van der Waals surface area (Å²) in [6.45, 7) is 4.54. The minimum absolute atomic E-state index is 0.0627. The monoisotopic (exact) mass is 230 g/mol. The molecule has 3 nitrogen and oxygen atoms in total. The number of hydrogen-bond acceptors (Lipinski definition) is 2. The highest BCUT2D eigenvalue weighted by molar-refractivity contribution is 5.71. The number of rotatable bonds is 2. The average molecular weight is 230 g/mol. The van der Waals surface area contributed by atoms with Gasteiger partial charge in [0.15, 0.2) is 0 Å². The number of aromatic nitrogens is 1. The van der Waals surface area contributed by atoms with Crippen molar-refractivity contribution in [2.75, 3.05) is 13.1 Å². The lowest BCUT2D eigenvalue weighted by Crippen LogP contribution is -2.30. The van der Waals surface area contributed by atoms with Crippen molar-refractivity contribution in [3.63, 3.8) is 0 Å². The molecule has 3 heteroatoms. The smallest absolute Gasteiger partial charge is 0.250 e. The maximum absolute atomic E-state index is 11.4. The van der Waals surface area contributed by atoms with Crippen LogP contribution in [0, 0.1) is 5.92 Å². The van der Waals surface area contributed by atoms with Crippen LogP contribution in [0.5, 0.6) is 0 Å². The SMILES string of the molecule is CCN1CC2CC1C=C2c1ccc(=O)n(C)c1. The van der Waals surface area contributed by atoms with Gasteiger partial charge in [0.2, 0.25) is 5.56 Å². The summed E-state index contributed by atoms with van der Waals surface area (Å²) in [6.07, 6.45) is 5.61. The Balaban J connectivity index is 1.94. The molecule has 2 atom stereocenters. The third-order valence-electron chi connectivity index (χ3n) is 4.09. The first-order valence-corrected chi connectivity index (χ1v) is 6.32. The van der Waals surface area contributed by atoms with Crippen LogP contribution in [-0.4, -0.2) is 28.6 Å². The molecule has 1 fully saturated rings. The molecular formula is C14H18N2O. The molecule has 1 aromatic heterocycles. The summed E-state index contributed by atoms with van der Waals surface area (Å²) in [5, 5.41) is 0. The number of likely N-dealkylation sites (N-methyl/N-ethyl adjacent to an activating group) is 1. The second-order valence-electron chi connectivity index (χ2n) is 5.08. The van der Waals surface area contributed by atoms with Crippen molar-refractivity contribution in [2.45, 2.75) is 19.4 Å². The van der Waals surface area contributed by atoms with Gasteiger partial charge in [-0.1, -0.05) is 13.0 Å². The third-order valence-corrected chi connectivity index (χ3v) is 4.09.